The first kappa shape index (κ1) is 14.7. The Morgan fingerprint density at radius 2 is 2.10 bits per heavy atom. The zero-order valence-corrected chi connectivity index (χ0v) is 13.2. The van der Waals surface area contributed by atoms with E-state index >= 15 is 0 Å². The van der Waals surface area contributed by atoms with Crippen molar-refractivity contribution < 1.29 is 4.79 Å². The van der Waals surface area contributed by atoms with Crippen LogP contribution in [0.2, 0.25) is 0 Å². The van der Waals surface area contributed by atoms with Crippen molar-refractivity contribution in [3.8, 4) is 0 Å². The van der Waals surface area contributed by atoms with Gasteiger partial charge in [0.1, 0.15) is 4.88 Å². The number of nitrogens with zero attached hydrogens (tertiary/aromatic N) is 1. The van der Waals surface area contributed by atoms with Crippen LogP contribution in [-0.4, -0.2) is 10.9 Å². The highest BCUT2D eigenvalue weighted by molar-refractivity contribution is 7.11. The summed E-state index contributed by atoms with van der Waals surface area (Å²) in [5.41, 5.74) is 5.00. The molecule has 3 nitrogen and oxygen atoms in total. The Kier molecular flexibility index (Phi) is 4.23. The molecular formula is C16H20N2OS. The average Bonchev–Trinajstić information content (AvgIpc) is 2.82. The van der Waals surface area contributed by atoms with Crippen LogP contribution in [0.15, 0.2) is 29.8 Å². The monoisotopic (exact) mass is 288 g/mol. The number of nitrogens with one attached hydrogen (secondary N) is 1. The molecule has 0 aliphatic rings. The molecule has 0 bridgehead atoms. The van der Waals surface area contributed by atoms with Crippen LogP contribution < -0.4 is 5.32 Å². The first-order valence-corrected chi connectivity index (χ1v) is 7.53. The predicted molar refractivity (Wildman–Crippen MR) is 83.2 cm³/mol. The second-order valence-electron chi connectivity index (χ2n) is 5.90. The molecule has 0 spiro atoms. The fourth-order valence-corrected chi connectivity index (χ4v) is 2.65. The molecule has 1 aromatic carbocycles. The van der Waals surface area contributed by atoms with E-state index in [-0.39, 0.29) is 11.3 Å². The standard InChI is InChI=1S/C16H20N2OS/c1-11-14(20-10-18-11)15(19)17-9-12-6-5-7-13(8-12)16(2,3)4/h5-8,10H,9H2,1-4H3,(H,17,19). The van der Waals surface area contributed by atoms with Gasteiger partial charge >= 0.3 is 0 Å². The normalized spacial score (nSPS) is 11.4. The third-order valence-electron chi connectivity index (χ3n) is 3.20. The second-order valence-corrected chi connectivity index (χ2v) is 6.75. The van der Waals surface area contributed by atoms with E-state index in [1.54, 1.807) is 5.51 Å². The summed E-state index contributed by atoms with van der Waals surface area (Å²) >= 11 is 1.38. The van der Waals surface area contributed by atoms with E-state index in [2.05, 4.69) is 43.2 Å². The van der Waals surface area contributed by atoms with Crippen molar-refractivity contribution in [2.24, 2.45) is 0 Å². The number of aromatic nitrogens is 1. The van der Waals surface area contributed by atoms with E-state index in [0.29, 0.717) is 11.4 Å². The molecule has 0 unspecified atom stereocenters. The Morgan fingerprint density at radius 1 is 1.35 bits per heavy atom. The maximum Gasteiger partial charge on any atom is 0.263 e. The van der Waals surface area contributed by atoms with Crippen molar-refractivity contribution >= 4 is 17.2 Å². The highest BCUT2D eigenvalue weighted by Gasteiger charge is 2.14. The van der Waals surface area contributed by atoms with Gasteiger partial charge in [0.2, 0.25) is 0 Å². The van der Waals surface area contributed by atoms with Crippen LogP contribution in [0.25, 0.3) is 0 Å². The lowest BCUT2D eigenvalue weighted by molar-refractivity contribution is 0.0954. The van der Waals surface area contributed by atoms with E-state index in [1.807, 2.05) is 19.1 Å². The number of benzene rings is 1. The zero-order chi connectivity index (χ0) is 14.8. The maximum absolute atomic E-state index is 12.0. The van der Waals surface area contributed by atoms with Crippen molar-refractivity contribution in [3.05, 3.63) is 51.5 Å². The topological polar surface area (TPSA) is 42.0 Å². The van der Waals surface area contributed by atoms with Crippen molar-refractivity contribution in [1.29, 1.82) is 0 Å². The minimum absolute atomic E-state index is 0.0499. The lowest BCUT2D eigenvalue weighted by Gasteiger charge is -2.19. The molecule has 20 heavy (non-hydrogen) atoms. The molecule has 0 atom stereocenters. The first-order chi connectivity index (χ1) is 9.38. The number of rotatable bonds is 3. The van der Waals surface area contributed by atoms with Gasteiger partial charge in [0.25, 0.3) is 5.91 Å². The smallest absolute Gasteiger partial charge is 0.263 e. The van der Waals surface area contributed by atoms with Crippen molar-refractivity contribution in [3.63, 3.8) is 0 Å². The van der Waals surface area contributed by atoms with Crippen molar-refractivity contribution in [2.45, 2.75) is 39.7 Å². The number of carbonyl (C=O) groups is 1. The molecule has 0 saturated heterocycles. The lowest BCUT2D eigenvalue weighted by atomic mass is 9.86. The van der Waals surface area contributed by atoms with Gasteiger partial charge in [-0.15, -0.1) is 11.3 Å². The van der Waals surface area contributed by atoms with Crippen LogP contribution in [0.4, 0.5) is 0 Å². The first-order valence-electron chi connectivity index (χ1n) is 6.65. The number of carbonyl (C=O) groups excluding carboxylic acids is 1. The summed E-state index contributed by atoms with van der Waals surface area (Å²) < 4.78 is 0. The van der Waals surface area contributed by atoms with Gasteiger partial charge in [0.05, 0.1) is 11.2 Å². The Morgan fingerprint density at radius 3 is 2.70 bits per heavy atom. The van der Waals surface area contributed by atoms with Gasteiger partial charge in [-0.1, -0.05) is 45.0 Å². The zero-order valence-electron chi connectivity index (χ0n) is 12.4. The molecule has 1 aromatic heterocycles. The molecule has 0 fully saturated rings. The average molecular weight is 288 g/mol. The molecule has 0 aliphatic heterocycles. The van der Waals surface area contributed by atoms with Crippen molar-refractivity contribution in [1.82, 2.24) is 10.3 Å². The molecule has 2 aromatic rings. The number of amides is 1. The molecule has 1 amide bonds. The highest BCUT2D eigenvalue weighted by Crippen LogP contribution is 2.22. The van der Waals surface area contributed by atoms with E-state index in [0.717, 1.165) is 11.3 Å². The van der Waals surface area contributed by atoms with Gasteiger partial charge in [-0.05, 0) is 23.5 Å². The van der Waals surface area contributed by atoms with E-state index in [1.165, 1.54) is 16.9 Å². The number of hydrogen-bond acceptors (Lipinski definition) is 3. The minimum Gasteiger partial charge on any atom is -0.347 e. The molecule has 1 heterocycles. The van der Waals surface area contributed by atoms with Gasteiger partial charge in [-0.25, -0.2) is 4.98 Å². The summed E-state index contributed by atoms with van der Waals surface area (Å²) in [5.74, 6) is -0.0499. The highest BCUT2D eigenvalue weighted by atomic mass is 32.1. The Balaban J connectivity index is 2.05. The van der Waals surface area contributed by atoms with E-state index in [9.17, 15) is 4.79 Å². The van der Waals surface area contributed by atoms with Crippen LogP contribution in [-0.2, 0) is 12.0 Å². The van der Waals surface area contributed by atoms with Crippen LogP contribution in [0.1, 0.15) is 47.3 Å². The van der Waals surface area contributed by atoms with Crippen LogP contribution in [0.3, 0.4) is 0 Å². The van der Waals surface area contributed by atoms with E-state index < -0.39 is 0 Å². The Hall–Kier alpha value is -1.68. The van der Waals surface area contributed by atoms with Crippen LogP contribution >= 0.6 is 11.3 Å². The van der Waals surface area contributed by atoms with E-state index in [4.69, 9.17) is 0 Å². The Bertz CT molecular complexity index is 611. The molecule has 0 saturated carbocycles. The lowest BCUT2D eigenvalue weighted by Crippen LogP contribution is -2.23. The fraction of sp³-hybridized carbons (Fsp3) is 0.375. The number of aryl methyl sites for hydroxylation is 1. The second kappa shape index (κ2) is 5.75. The summed E-state index contributed by atoms with van der Waals surface area (Å²) in [6.07, 6.45) is 0. The van der Waals surface area contributed by atoms with Gasteiger partial charge in [0.15, 0.2) is 0 Å². The van der Waals surface area contributed by atoms with Crippen LogP contribution in [0, 0.1) is 6.92 Å². The molecule has 2 rings (SSSR count). The molecule has 106 valence electrons. The summed E-state index contributed by atoms with van der Waals surface area (Å²) in [6.45, 7) is 8.95. The third kappa shape index (κ3) is 3.45. The van der Waals surface area contributed by atoms with Gasteiger partial charge in [-0.3, -0.25) is 4.79 Å². The molecule has 0 aliphatic carbocycles. The molecular weight excluding hydrogens is 268 g/mol. The fourth-order valence-electron chi connectivity index (χ4n) is 1.93. The minimum atomic E-state index is -0.0499. The molecule has 0 radical (unpaired) electrons. The van der Waals surface area contributed by atoms with Crippen molar-refractivity contribution in [2.75, 3.05) is 0 Å². The van der Waals surface area contributed by atoms with Gasteiger partial charge in [0, 0.05) is 6.54 Å². The summed E-state index contributed by atoms with van der Waals surface area (Å²) in [5, 5.41) is 2.95. The summed E-state index contributed by atoms with van der Waals surface area (Å²) in [4.78, 5) is 16.8. The number of hydrogen-bond donors (Lipinski definition) is 1. The predicted octanol–water partition coefficient (Wildman–Crippen LogP) is 3.68. The SMILES string of the molecule is Cc1ncsc1C(=O)NCc1cccc(C(C)(C)C)c1. The summed E-state index contributed by atoms with van der Waals surface area (Å²) in [6, 6.07) is 8.35. The maximum atomic E-state index is 12.0. The van der Waals surface area contributed by atoms with Gasteiger partial charge < -0.3 is 5.32 Å². The third-order valence-corrected chi connectivity index (χ3v) is 4.13. The van der Waals surface area contributed by atoms with Crippen LogP contribution in [0.5, 0.6) is 0 Å². The quantitative estimate of drug-likeness (QED) is 0.936. The summed E-state index contributed by atoms with van der Waals surface area (Å²) in [7, 11) is 0. The van der Waals surface area contributed by atoms with Gasteiger partial charge in [-0.2, -0.15) is 0 Å². The largest absolute Gasteiger partial charge is 0.347 e. The number of thiazole rings is 1. The molecule has 4 heteroatoms. The Labute approximate surface area is 124 Å². The molecule has 1 N–H and O–H groups in total.